The van der Waals surface area contributed by atoms with E-state index in [-0.39, 0.29) is 35.5 Å². The highest BCUT2D eigenvalue weighted by Crippen LogP contribution is 2.06. The number of aryl methyl sites for hydroxylation is 1. The topological polar surface area (TPSA) is 88.4 Å². The first kappa shape index (κ1) is 24.4. The summed E-state index contributed by atoms with van der Waals surface area (Å²) in [6.07, 6.45) is 5.14. The molecule has 28 heavy (non-hydrogen) atoms. The average molecular weight is 519 g/mol. The Morgan fingerprint density at radius 2 is 1.93 bits per heavy atom. The quantitative estimate of drug-likeness (QED) is 0.206. The Hall–Kier alpha value is -1.62. The number of aliphatic imine (C=N–C) groups is 1. The highest BCUT2D eigenvalue weighted by atomic mass is 127. The van der Waals surface area contributed by atoms with Crippen molar-refractivity contribution in [2.45, 2.75) is 32.1 Å². The van der Waals surface area contributed by atoms with Crippen molar-refractivity contribution in [3.63, 3.8) is 0 Å². The fourth-order valence-electron chi connectivity index (χ4n) is 2.60. The monoisotopic (exact) mass is 519 g/mol. The Morgan fingerprint density at radius 3 is 2.61 bits per heavy atom. The van der Waals surface area contributed by atoms with Crippen molar-refractivity contribution in [2.24, 2.45) is 4.99 Å². The molecule has 0 spiro atoms. The van der Waals surface area contributed by atoms with Gasteiger partial charge in [-0.15, -0.1) is 24.0 Å². The zero-order chi connectivity index (χ0) is 19.4. The third-order valence-corrected chi connectivity index (χ3v) is 5.56. The van der Waals surface area contributed by atoms with Gasteiger partial charge in [-0.2, -0.15) is 5.10 Å². The van der Waals surface area contributed by atoms with Crippen molar-refractivity contribution in [1.29, 1.82) is 0 Å². The molecule has 0 saturated carbocycles. The lowest BCUT2D eigenvalue weighted by Crippen LogP contribution is -2.38. The molecule has 0 fully saturated rings. The number of nitrogens with zero attached hydrogens (tertiary/aromatic N) is 3. The molecule has 0 aliphatic rings. The maximum atomic E-state index is 12.2. The summed E-state index contributed by atoms with van der Waals surface area (Å²) in [6.45, 7) is 4.84. The number of halogens is 1. The van der Waals surface area contributed by atoms with Gasteiger partial charge < -0.3 is 10.6 Å². The van der Waals surface area contributed by atoms with E-state index in [0.29, 0.717) is 19.5 Å². The molecule has 0 aliphatic heterocycles. The number of hydrogen-bond acceptors (Lipinski definition) is 4. The van der Waals surface area contributed by atoms with Gasteiger partial charge in [-0.3, -0.25) is 9.67 Å². The summed E-state index contributed by atoms with van der Waals surface area (Å²) in [5.41, 5.74) is 0.831. The van der Waals surface area contributed by atoms with E-state index < -0.39 is 9.84 Å². The second-order valence-corrected chi connectivity index (χ2v) is 8.43. The normalized spacial score (nSPS) is 11.7. The average Bonchev–Trinajstić information content (AvgIpc) is 3.16. The highest BCUT2D eigenvalue weighted by molar-refractivity contribution is 14.0. The van der Waals surface area contributed by atoms with Gasteiger partial charge >= 0.3 is 0 Å². The van der Waals surface area contributed by atoms with Crippen LogP contribution < -0.4 is 10.6 Å². The van der Waals surface area contributed by atoms with Gasteiger partial charge in [0.2, 0.25) is 0 Å². The van der Waals surface area contributed by atoms with Crippen LogP contribution in [-0.2, 0) is 22.1 Å². The van der Waals surface area contributed by atoms with Gasteiger partial charge in [0.05, 0.1) is 11.5 Å². The Labute approximate surface area is 185 Å². The molecule has 156 valence electrons. The van der Waals surface area contributed by atoms with E-state index in [1.807, 2.05) is 54.2 Å². The van der Waals surface area contributed by atoms with Crippen molar-refractivity contribution in [2.75, 3.05) is 25.4 Å². The SMILES string of the molecule is CCNC(=NCCCn1cccn1)NCCCS(=O)(=O)Cc1ccccc1.I. The lowest BCUT2D eigenvalue weighted by Gasteiger charge is -2.11. The summed E-state index contributed by atoms with van der Waals surface area (Å²) in [4.78, 5) is 4.52. The third-order valence-electron chi connectivity index (χ3n) is 3.87. The zero-order valence-electron chi connectivity index (χ0n) is 16.3. The van der Waals surface area contributed by atoms with Gasteiger partial charge in [-0.05, 0) is 31.4 Å². The Bertz CT molecular complexity index is 780. The molecule has 7 nitrogen and oxygen atoms in total. The number of rotatable bonds is 11. The van der Waals surface area contributed by atoms with Crippen LogP contribution in [0.3, 0.4) is 0 Å². The minimum Gasteiger partial charge on any atom is -0.357 e. The summed E-state index contributed by atoms with van der Waals surface area (Å²) in [5, 5.41) is 10.5. The van der Waals surface area contributed by atoms with E-state index in [1.165, 1.54) is 0 Å². The Morgan fingerprint density at radius 1 is 1.14 bits per heavy atom. The van der Waals surface area contributed by atoms with Gasteiger partial charge in [0.25, 0.3) is 0 Å². The molecule has 2 N–H and O–H groups in total. The zero-order valence-corrected chi connectivity index (χ0v) is 19.4. The summed E-state index contributed by atoms with van der Waals surface area (Å²) in [7, 11) is -3.10. The van der Waals surface area contributed by atoms with Crippen LogP contribution in [0.2, 0.25) is 0 Å². The van der Waals surface area contributed by atoms with E-state index >= 15 is 0 Å². The van der Waals surface area contributed by atoms with E-state index in [9.17, 15) is 8.42 Å². The fraction of sp³-hybridized carbons (Fsp3) is 0.474. The van der Waals surface area contributed by atoms with Crippen molar-refractivity contribution >= 4 is 39.8 Å². The Balaban J connectivity index is 0.00000392. The molecule has 2 aromatic rings. The van der Waals surface area contributed by atoms with Crippen LogP contribution in [0.1, 0.15) is 25.3 Å². The highest BCUT2D eigenvalue weighted by Gasteiger charge is 2.11. The van der Waals surface area contributed by atoms with Crippen molar-refractivity contribution in [3.8, 4) is 0 Å². The molecular formula is C19H30IN5O2S. The van der Waals surface area contributed by atoms with Gasteiger partial charge in [-0.1, -0.05) is 30.3 Å². The van der Waals surface area contributed by atoms with Crippen LogP contribution in [-0.4, -0.2) is 49.5 Å². The molecule has 0 radical (unpaired) electrons. The second-order valence-electron chi connectivity index (χ2n) is 6.24. The predicted molar refractivity (Wildman–Crippen MR) is 125 cm³/mol. The number of nitrogens with one attached hydrogen (secondary N) is 2. The molecule has 9 heteroatoms. The van der Waals surface area contributed by atoms with Crippen LogP contribution in [0.5, 0.6) is 0 Å². The first-order valence-electron chi connectivity index (χ1n) is 9.33. The van der Waals surface area contributed by atoms with Gasteiger partial charge in [-0.25, -0.2) is 8.42 Å². The molecule has 0 unspecified atom stereocenters. The lowest BCUT2D eigenvalue weighted by atomic mass is 10.2. The minimum absolute atomic E-state index is 0. The number of aromatic nitrogens is 2. The van der Waals surface area contributed by atoms with Crippen LogP contribution in [0.25, 0.3) is 0 Å². The van der Waals surface area contributed by atoms with Crippen LogP contribution in [0.15, 0.2) is 53.8 Å². The van der Waals surface area contributed by atoms with Gasteiger partial charge in [0.15, 0.2) is 15.8 Å². The van der Waals surface area contributed by atoms with E-state index in [2.05, 4.69) is 20.7 Å². The summed E-state index contributed by atoms with van der Waals surface area (Å²) in [5.74, 6) is 0.974. The van der Waals surface area contributed by atoms with Crippen molar-refractivity contribution in [1.82, 2.24) is 20.4 Å². The van der Waals surface area contributed by atoms with Gasteiger partial charge in [0.1, 0.15) is 0 Å². The van der Waals surface area contributed by atoms with Crippen LogP contribution >= 0.6 is 24.0 Å². The molecule has 0 aliphatic carbocycles. The Kier molecular flexibility index (Phi) is 11.8. The maximum Gasteiger partial charge on any atom is 0.191 e. The lowest BCUT2D eigenvalue weighted by molar-refractivity contribution is 0.583. The number of hydrogen-bond donors (Lipinski definition) is 2. The standard InChI is InChI=1S/C19H29N5O2S.HI/c1-2-20-19(21-11-6-14-24-15-7-13-23-24)22-12-8-16-27(25,26)17-18-9-4-3-5-10-18;/h3-5,7,9-10,13,15H,2,6,8,11-12,14,16-17H2,1H3,(H2,20,21,22);1H. The summed E-state index contributed by atoms with van der Waals surface area (Å²) in [6, 6.07) is 11.2. The van der Waals surface area contributed by atoms with E-state index in [1.54, 1.807) is 6.20 Å². The minimum atomic E-state index is -3.10. The molecule has 0 amide bonds. The van der Waals surface area contributed by atoms with E-state index in [4.69, 9.17) is 0 Å². The summed E-state index contributed by atoms with van der Waals surface area (Å²) >= 11 is 0. The molecule has 2 rings (SSSR count). The van der Waals surface area contributed by atoms with Crippen molar-refractivity contribution in [3.05, 3.63) is 54.4 Å². The molecule has 1 aromatic heterocycles. The third kappa shape index (κ3) is 10.1. The number of sulfone groups is 1. The predicted octanol–water partition coefficient (Wildman–Crippen LogP) is 2.45. The molecule has 0 bridgehead atoms. The van der Waals surface area contributed by atoms with Gasteiger partial charge in [0, 0.05) is 38.6 Å². The van der Waals surface area contributed by atoms with Crippen LogP contribution in [0, 0.1) is 0 Å². The molecule has 0 saturated heterocycles. The fourth-order valence-corrected chi connectivity index (χ4v) is 4.03. The molecule has 1 heterocycles. The van der Waals surface area contributed by atoms with E-state index in [0.717, 1.165) is 31.0 Å². The van der Waals surface area contributed by atoms with Crippen molar-refractivity contribution < 1.29 is 8.42 Å². The first-order valence-corrected chi connectivity index (χ1v) is 11.1. The first-order chi connectivity index (χ1) is 13.1. The second kappa shape index (κ2) is 13.5. The van der Waals surface area contributed by atoms with Crippen LogP contribution in [0.4, 0.5) is 0 Å². The number of benzene rings is 1. The smallest absolute Gasteiger partial charge is 0.191 e. The molecule has 0 atom stereocenters. The largest absolute Gasteiger partial charge is 0.357 e. The molecule has 1 aromatic carbocycles. The molecular weight excluding hydrogens is 489 g/mol. The summed E-state index contributed by atoms with van der Waals surface area (Å²) < 4.78 is 26.3. The maximum absolute atomic E-state index is 12.2. The number of guanidine groups is 1.